The Balaban J connectivity index is 4.36. The van der Waals surface area contributed by atoms with Gasteiger partial charge in [0.25, 0.3) is 0 Å². The molecule has 0 rings (SSSR count). The Morgan fingerprint density at radius 1 is 1.31 bits per heavy atom. The zero-order valence-corrected chi connectivity index (χ0v) is 6.89. The van der Waals surface area contributed by atoms with E-state index in [4.69, 9.17) is 0 Å². The fourth-order valence-electron chi connectivity index (χ4n) is 0.471. The van der Waals surface area contributed by atoms with E-state index in [2.05, 4.69) is 4.52 Å². The fourth-order valence-corrected chi connectivity index (χ4v) is 0.943. The molecule has 0 saturated carbocycles. The largest absolute Gasteiger partial charge is 0.790 e. The van der Waals surface area contributed by atoms with E-state index in [-0.39, 0.29) is 0 Å². The van der Waals surface area contributed by atoms with Crippen molar-refractivity contribution in [3.63, 3.8) is 0 Å². The molecule has 0 aliphatic carbocycles. The van der Waals surface area contributed by atoms with Crippen molar-refractivity contribution in [2.45, 2.75) is 12.5 Å². The second-order valence-corrected chi connectivity index (χ2v) is 3.04. The lowest BCUT2D eigenvalue weighted by Gasteiger charge is -2.33. The standard InChI is InChI=1S/C4H7O8P/c5-3(6)1-2(4(7)8)12-13(9,10)11/h2H,1H2,(H,5,6)(H,7,8)(H2,9,10,11)/p-4/t2-/m1/s1. The third-order valence-electron chi connectivity index (χ3n) is 0.871. The van der Waals surface area contributed by atoms with Gasteiger partial charge in [-0.15, -0.1) is 0 Å². The van der Waals surface area contributed by atoms with Crippen LogP contribution in [0, 0.1) is 0 Å². The number of carbonyl (C=O) groups is 2. The minimum atomic E-state index is -5.54. The molecule has 0 N–H and O–H groups in total. The van der Waals surface area contributed by atoms with Gasteiger partial charge in [0, 0.05) is 12.4 Å². The highest BCUT2D eigenvalue weighted by Gasteiger charge is 2.12. The number of carboxylic acids is 2. The lowest BCUT2D eigenvalue weighted by molar-refractivity contribution is -0.355. The van der Waals surface area contributed by atoms with E-state index in [1.807, 2.05) is 0 Å². The average Bonchev–Trinajstić information content (AvgIpc) is 1.81. The first-order valence-electron chi connectivity index (χ1n) is 2.83. The van der Waals surface area contributed by atoms with Crippen molar-refractivity contribution in [2.24, 2.45) is 0 Å². The maximum absolute atomic E-state index is 9.99. The molecule has 0 aliphatic rings. The summed E-state index contributed by atoms with van der Waals surface area (Å²) in [5.74, 6) is -3.99. The lowest BCUT2D eigenvalue weighted by Crippen LogP contribution is -2.42. The summed E-state index contributed by atoms with van der Waals surface area (Å²) >= 11 is 0. The van der Waals surface area contributed by atoms with Crippen LogP contribution < -0.4 is 20.0 Å². The van der Waals surface area contributed by atoms with Crippen LogP contribution in [0.15, 0.2) is 0 Å². The van der Waals surface area contributed by atoms with Gasteiger partial charge >= 0.3 is 0 Å². The van der Waals surface area contributed by atoms with E-state index < -0.39 is 32.3 Å². The SMILES string of the molecule is O=C([O-])C[C@@H](OP(=O)([O-])[O-])C(=O)[O-]. The molecule has 0 amide bonds. The number of carboxylic acid groups (broad SMARTS) is 2. The van der Waals surface area contributed by atoms with Crippen molar-refractivity contribution in [2.75, 3.05) is 0 Å². The molecule has 0 unspecified atom stereocenters. The molecule has 0 fully saturated rings. The van der Waals surface area contributed by atoms with Gasteiger partial charge in [-0.25, -0.2) is 0 Å². The van der Waals surface area contributed by atoms with Crippen molar-refractivity contribution >= 4 is 19.8 Å². The van der Waals surface area contributed by atoms with Crippen LogP contribution in [0.2, 0.25) is 0 Å². The highest BCUT2D eigenvalue weighted by atomic mass is 31.2. The van der Waals surface area contributed by atoms with Crippen molar-refractivity contribution in [3.8, 4) is 0 Å². The van der Waals surface area contributed by atoms with E-state index in [9.17, 15) is 34.2 Å². The van der Waals surface area contributed by atoms with E-state index in [1.54, 1.807) is 0 Å². The fraction of sp³-hybridized carbons (Fsp3) is 0.500. The predicted octanol–water partition coefficient (Wildman–Crippen LogP) is -4.91. The quantitative estimate of drug-likeness (QED) is 0.409. The third-order valence-corrected chi connectivity index (χ3v) is 1.38. The number of phosphoric ester groups is 1. The van der Waals surface area contributed by atoms with Crippen LogP contribution in [-0.4, -0.2) is 18.0 Å². The van der Waals surface area contributed by atoms with Gasteiger partial charge in [-0.3, -0.25) is 0 Å². The summed E-state index contributed by atoms with van der Waals surface area (Å²) in [7, 11) is -5.54. The molecule has 9 heteroatoms. The summed E-state index contributed by atoms with van der Waals surface area (Å²) in [4.78, 5) is 39.6. The van der Waals surface area contributed by atoms with Crippen LogP contribution in [0.1, 0.15) is 6.42 Å². The maximum Gasteiger partial charge on any atom is 0.107 e. The first-order valence-corrected chi connectivity index (χ1v) is 4.29. The van der Waals surface area contributed by atoms with Crippen LogP contribution in [0.3, 0.4) is 0 Å². The molecule has 0 aliphatic heterocycles. The summed E-state index contributed by atoms with van der Waals surface area (Å²) in [5.41, 5.74) is 0. The minimum Gasteiger partial charge on any atom is -0.790 e. The molecular weight excluding hydrogens is 207 g/mol. The van der Waals surface area contributed by atoms with E-state index in [0.717, 1.165) is 0 Å². The second-order valence-electron chi connectivity index (χ2n) is 1.94. The summed E-state index contributed by atoms with van der Waals surface area (Å²) < 4.78 is 13.2. The molecule has 8 nitrogen and oxygen atoms in total. The molecule has 0 heterocycles. The minimum absolute atomic E-state index is 1.27. The monoisotopic (exact) mass is 210 g/mol. The van der Waals surface area contributed by atoms with Crippen molar-refractivity contribution < 1.29 is 38.7 Å². The van der Waals surface area contributed by atoms with Crippen LogP contribution in [0.5, 0.6) is 0 Å². The van der Waals surface area contributed by atoms with E-state index in [1.165, 1.54) is 0 Å². The summed E-state index contributed by atoms with van der Waals surface area (Å²) in [5, 5.41) is 19.8. The molecule has 0 radical (unpaired) electrons. The summed E-state index contributed by atoms with van der Waals surface area (Å²) in [6, 6.07) is 0. The Hall–Kier alpha value is -0.950. The Morgan fingerprint density at radius 2 is 1.77 bits per heavy atom. The van der Waals surface area contributed by atoms with Crippen molar-refractivity contribution in [1.82, 2.24) is 0 Å². The molecular formula is C4H3O8P-4. The zero-order chi connectivity index (χ0) is 10.6. The number of phosphoric acid groups is 1. The van der Waals surface area contributed by atoms with Crippen LogP contribution in [0.25, 0.3) is 0 Å². The highest BCUT2D eigenvalue weighted by molar-refractivity contribution is 7.43. The maximum atomic E-state index is 9.99. The van der Waals surface area contributed by atoms with E-state index in [0.29, 0.717) is 0 Å². The van der Waals surface area contributed by atoms with Gasteiger partial charge in [0.05, 0.1) is 13.8 Å². The van der Waals surface area contributed by atoms with E-state index >= 15 is 0 Å². The average molecular weight is 210 g/mol. The Morgan fingerprint density at radius 3 is 2.00 bits per heavy atom. The second kappa shape index (κ2) is 4.33. The summed E-state index contributed by atoms with van der Waals surface area (Å²) in [6.45, 7) is 0. The van der Waals surface area contributed by atoms with Crippen molar-refractivity contribution in [3.05, 3.63) is 0 Å². The molecule has 0 saturated heterocycles. The third kappa shape index (κ3) is 6.23. The van der Waals surface area contributed by atoms with Gasteiger partial charge in [0.2, 0.25) is 0 Å². The number of rotatable bonds is 5. The smallest absolute Gasteiger partial charge is 0.107 e. The molecule has 0 bridgehead atoms. The number of hydrogen-bond acceptors (Lipinski definition) is 8. The molecule has 0 spiro atoms. The molecule has 1 atom stereocenters. The first-order chi connectivity index (χ1) is 5.72. The van der Waals surface area contributed by atoms with Crippen LogP contribution >= 0.6 is 7.82 Å². The Bertz CT molecular complexity index is 253. The Labute approximate surface area is 72.0 Å². The van der Waals surface area contributed by atoms with Gasteiger partial charge in [0.1, 0.15) is 6.10 Å². The van der Waals surface area contributed by atoms with Gasteiger partial charge in [-0.05, 0) is 0 Å². The van der Waals surface area contributed by atoms with Crippen LogP contribution in [0.4, 0.5) is 0 Å². The molecule has 13 heavy (non-hydrogen) atoms. The van der Waals surface area contributed by atoms with Crippen LogP contribution in [-0.2, 0) is 18.7 Å². The highest BCUT2D eigenvalue weighted by Crippen LogP contribution is 2.27. The number of hydrogen-bond donors (Lipinski definition) is 0. The topological polar surface area (TPSA) is 153 Å². The lowest BCUT2D eigenvalue weighted by atomic mass is 10.3. The van der Waals surface area contributed by atoms with Gasteiger partial charge < -0.3 is 38.7 Å². The zero-order valence-electron chi connectivity index (χ0n) is 6.00. The number of aliphatic carboxylic acids is 2. The normalized spacial score (nSPS) is 13.7. The molecule has 0 aromatic rings. The predicted molar refractivity (Wildman–Crippen MR) is 27.1 cm³/mol. The summed E-state index contributed by atoms with van der Waals surface area (Å²) in [6.07, 6.45) is -3.61. The van der Waals surface area contributed by atoms with Gasteiger partial charge in [0.15, 0.2) is 0 Å². The number of carbonyl (C=O) groups excluding carboxylic acids is 2. The van der Waals surface area contributed by atoms with Gasteiger partial charge in [-0.1, -0.05) is 0 Å². The van der Waals surface area contributed by atoms with Crippen molar-refractivity contribution in [1.29, 1.82) is 0 Å². The first kappa shape index (κ1) is 12.0. The van der Waals surface area contributed by atoms with Gasteiger partial charge in [-0.2, -0.15) is 0 Å². The Kier molecular flexibility index (Phi) is 4.02. The molecule has 0 aromatic heterocycles. The molecule has 0 aromatic carbocycles. The molecule has 76 valence electrons.